The molecule has 0 bridgehead atoms. The molecule has 0 unspecified atom stereocenters. The van der Waals surface area contributed by atoms with E-state index in [4.69, 9.17) is 14.2 Å². The van der Waals surface area contributed by atoms with Gasteiger partial charge in [-0.15, -0.1) is 0 Å². The van der Waals surface area contributed by atoms with E-state index >= 15 is 0 Å². The van der Waals surface area contributed by atoms with Gasteiger partial charge in [0.15, 0.2) is 11.5 Å². The van der Waals surface area contributed by atoms with Crippen LogP contribution in [-0.4, -0.2) is 31.2 Å². The summed E-state index contributed by atoms with van der Waals surface area (Å²) in [4.78, 5) is 14.9. The molecular weight excluding hydrogens is 1090 g/mol. The van der Waals surface area contributed by atoms with Crippen molar-refractivity contribution in [2.75, 3.05) is 21.3 Å². The van der Waals surface area contributed by atoms with Gasteiger partial charge in [0.1, 0.15) is 5.75 Å². The normalized spacial score (nSPS) is 10.7. The molecule has 15 aromatic carbocycles. The van der Waals surface area contributed by atoms with Gasteiger partial charge < -0.3 is 14.2 Å². The van der Waals surface area contributed by atoms with E-state index in [1.54, 1.807) is 33.5 Å². The fraction of sp³-hybridized carbons (Fsp3) is 0.0854. The Hall–Kier alpha value is -11.2. The number of hydrogen-bond acceptors (Lipinski definition) is 6. The van der Waals surface area contributed by atoms with Crippen LogP contribution in [0.25, 0.3) is 108 Å². The Morgan fingerprint density at radius 1 is 0.292 bits per heavy atom. The maximum absolute atomic E-state index is 10.9. The van der Waals surface area contributed by atoms with Gasteiger partial charge >= 0.3 is 0 Å². The number of nitrogens with zero attached hydrogens (tertiary/aromatic N) is 2. The molecule has 0 fully saturated rings. The second kappa shape index (κ2) is 27.5. The van der Waals surface area contributed by atoms with Crippen LogP contribution in [-0.2, 0) is 0 Å². The molecule has 0 radical (unpaired) electrons. The van der Waals surface area contributed by atoms with Crippen LogP contribution in [0.4, 0.5) is 5.69 Å². The van der Waals surface area contributed by atoms with Gasteiger partial charge in [0, 0.05) is 34.5 Å². The van der Waals surface area contributed by atoms with Gasteiger partial charge in [0.05, 0.1) is 31.8 Å². The molecular formula is C82H68N2O5. The molecule has 0 aliphatic carbocycles. The first-order valence-corrected chi connectivity index (χ1v) is 29.7. The first-order chi connectivity index (χ1) is 43.4. The second-order valence-electron chi connectivity index (χ2n) is 22.1. The van der Waals surface area contributed by atoms with Crippen LogP contribution in [0.5, 0.6) is 17.2 Å². The lowest BCUT2D eigenvalue weighted by molar-refractivity contribution is -0.384. The van der Waals surface area contributed by atoms with Crippen LogP contribution in [0.1, 0.15) is 22.3 Å². The minimum Gasteiger partial charge on any atom is -0.495 e. The minimum atomic E-state index is -0.390. The number of nitro benzene ring substituents is 1. The first kappa shape index (κ1) is 59.6. The molecule has 0 saturated heterocycles. The smallest absolute Gasteiger partial charge is 0.270 e. The van der Waals surface area contributed by atoms with Crippen molar-refractivity contribution in [3.8, 4) is 17.2 Å². The SMILES string of the molecule is COc1c2cc(C)ccc2cc2ccc([N+](=O)[O-])cc12.COc1cc2ccc3c4ccccc4ccc3c2cc1OC.Cc1ccc2ccccc2c1.Cc1ccc2ncc(C)cc2c1.c1ccc2c(c1)ccc1ccccc12.c1ccc2ccccc2c1. The van der Waals surface area contributed by atoms with E-state index in [2.05, 4.69) is 256 Å². The van der Waals surface area contributed by atoms with Crippen LogP contribution in [0.2, 0.25) is 0 Å². The van der Waals surface area contributed by atoms with E-state index in [0.29, 0.717) is 5.75 Å². The van der Waals surface area contributed by atoms with Crippen molar-refractivity contribution in [3.63, 3.8) is 0 Å². The average Bonchev–Trinajstić information content (AvgIpc) is 1.13. The van der Waals surface area contributed by atoms with Crippen LogP contribution in [0, 0.1) is 37.8 Å². The summed E-state index contributed by atoms with van der Waals surface area (Å²) in [6.45, 7) is 8.29. The van der Waals surface area contributed by atoms with Crippen molar-refractivity contribution in [1.82, 2.24) is 4.98 Å². The third-order valence-corrected chi connectivity index (χ3v) is 15.9. The summed E-state index contributed by atoms with van der Waals surface area (Å²) < 4.78 is 16.4. The molecule has 1 aromatic heterocycles. The van der Waals surface area contributed by atoms with Crippen LogP contribution in [0.3, 0.4) is 0 Å². The number of benzene rings is 15. The highest BCUT2D eigenvalue weighted by molar-refractivity contribution is 6.18. The van der Waals surface area contributed by atoms with Gasteiger partial charge in [0.25, 0.3) is 5.69 Å². The van der Waals surface area contributed by atoms with Gasteiger partial charge in [-0.3, -0.25) is 15.1 Å². The zero-order valence-electron chi connectivity index (χ0n) is 51.1. The number of rotatable bonds is 4. The molecule has 0 atom stereocenters. The van der Waals surface area contributed by atoms with E-state index in [9.17, 15) is 10.1 Å². The molecule has 0 N–H and O–H groups in total. The highest BCUT2D eigenvalue weighted by Gasteiger charge is 2.14. The third-order valence-electron chi connectivity index (χ3n) is 15.9. The molecule has 0 aliphatic heterocycles. The maximum atomic E-state index is 10.9. The van der Waals surface area contributed by atoms with Crippen molar-refractivity contribution in [3.05, 3.63) is 318 Å². The zero-order chi connectivity index (χ0) is 61.8. The molecule has 7 nitrogen and oxygen atoms in total. The Labute approximate surface area is 518 Å². The van der Waals surface area contributed by atoms with E-state index in [-0.39, 0.29) is 10.6 Å². The van der Waals surface area contributed by atoms with Crippen LogP contribution < -0.4 is 14.2 Å². The van der Waals surface area contributed by atoms with Gasteiger partial charge in [-0.2, -0.15) is 0 Å². The summed E-state index contributed by atoms with van der Waals surface area (Å²) in [7, 11) is 4.93. The summed E-state index contributed by atoms with van der Waals surface area (Å²) in [6.07, 6.45) is 1.90. The number of non-ortho nitro benzene ring substituents is 1. The van der Waals surface area contributed by atoms with Gasteiger partial charge in [-0.1, -0.05) is 235 Å². The van der Waals surface area contributed by atoms with Gasteiger partial charge in [0.2, 0.25) is 0 Å². The predicted molar refractivity (Wildman–Crippen MR) is 377 cm³/mol. The Bertz CT molecular complexity index is 5060. The summed E-state index contributed by atoms with van der Waals surface area (Å²) in [5.41, 5.74) is 6.10. The number of aromatic nitrogens is 1. The molecule has 0 saturated carbocycles. The standard InChI is InChI=1S/C20H16O2.C16H13NO3.C14H10.C11H11N.C11H10.C10H8/c1-21-19-11-14-8-10-16-15-6-4-3-5-13(15)7-9-17(16)18(14)12-20(19)22-2;1-10-3-4-11-8-12-5-6-13(17(18)19)9-15(12)16(20-2)14(11)7-10;1-3-7-13-11(5-1)9-10-12-6-2-4-8-14(12)13;1-8-3-4-11-10(5-8)6-9(2)7-12-11;1-9-6-7-10-4-2-3-5-11(10)8-9;1-2-6-10-8-4-3-7-9(10)5-1/h3-12H,1-2H3;3-9H,1-2H3;1-10H;3-7H,1-2H3;2-8H,1H3;1-8H. The Morgan fingerprint density at radius 2 is 0.674 bits per heavy atom. The quantitative estimate of drug-likeness (QED) is 0.0756. The maximum Gasteiger partial charge on any atom is 0.270 e. The monoisotopic (exact) mass is 1160 g/mol. The summed E-state index contributed by atoms with van der Waals surface area (Å²) in [5.74, 6) is 2.20. The molecule has 16 aromatic rings. The molecule has 16 rings (SSSR count). The topological polar surface area (TPSA) is 83.7 Å². The van der Waals surface area contributed by atoms with E-state index in [1.807, 2.05) is 43.5 Å². The van der Waals surface area contributed by atoms with Gasteiger partial charge in [-0.05, 0) is 168 Å². The van der Waals surface area contributed by atoms with Crippen LogP contribution >= 0.6 is 0 Å². The number of methoxy groups -OCH3 is 3. The zero-order valence-corrected chi connectivity index (χ0v) is 51.1. The van der Waals surface area contributed by atoms with Crippen molar-refractivity contribution in [2.45, 2.75) is 27.7 Å². The third kappa shape index (κ3) is 13.8. The van der Waals surface area contributed by atoms with E-state index in [0.717, 1.165) is 49.5 Å². The Balaban J connectivity index is 0.000000113. The summed E-state index contributed by atoms with van der Waals surface area (Å²) >= 11 is 0. The highest BCUT2D eigenvalue weighted by Crippen LogP contribution is 2.39. The van der Waals surface area contributed by atoms with Crippen molar-refractivity contribution in [1.29, 1.82) is 0 Å². The largest absolute Gasteiger partial charge is 0.495 e. The predicted octanol–water partition coefficient (Wildman–Crippen LogP) is 22.2. The highest BCUT2D eigenvalue weighted by atomic mass is 16.6. The van der Waals surface area contributed by atoms with Crippen LogP contribution in [0.15, 0.2) is 285 Å². The molecule has 7 heteroatoms. The number of pyridine rings is 1. The number of hydrogen-bond donors (Lipinski definition) is 0. The number of fused-ring (bicyclic) bond motifs is 13. The lowest BCUT2D eigenvalue weighted by Crippen LogP contribution is -1.91. The Kier molecular flexibility index (Phi) is 18.4. The minimum absolute atomic E-state index is 0.0720. The fourth-order valence-corrected chi connectivity index (χ4v) is 11.4. The van der Waals surface area contributed by atoms with Gasteiger partial charge in [-0.25, -0.2) is 0 Å². The molecule has 0 spiro atoms. The molecule has 1 heterocycles. The van der Waals surface area contributed by atoms with Crippen molar-refractivity contribution < 1.29 is 19.1 Å². The average molecular weight is 1160 g/mol. The fourth-order valence-electron chi connectivity index (χ4n) is 11.4. The molecule has 0 amide bonds. The molecule has 436 valence electrons. The van der Waals surface area contributed by atoms with Crippen molar-refractivity contribution in [2.24, 2.45) is 0 Å². The molecule has 89 heavy (non-hydrogen) atoms. The number of ether oxygens (including phenoxy) is 3. The van der Waals surface area contributed by atoms with E-state index < -0.39 is 0 Å². The number of nitro groups is 1. The van der Waals surface area contributed by atoms with Crippen molar-refractivity contribution >= 4 is 114 Å². The first-order valence-electron chi connectivity index (χ1n) is 29.7. The second-order valence-corrected chi connectivity index (χ2v) is 22.1. The Morgan fingerprint density at radius 3 is 1.22 bits per heavy atom. The lowest BCUT2D eigenvalue weighted by Gasteiger charge is -2.12. The lowest BCUT2D eigenvalue weighted by atomic mass is 9.97. The molecule has 0 aliphatic rings. The van der Waals surface area contributed by atoms with E-state index in [1.165, 1.54) is 98.2 Å². The summed E-state index contributed by atoms with van der Waals surface area (Å²) in [6, 6.07) is 95.7. The summed E-state index contributed by atoms with van der Waals surface area (Å²) in [5, 5.41) is 33.8. The number of aryl methyl sites for hydroxylation is 4.